The number of hydrogen-bond acceptors (Lipinski definition) is 2. The van der Waals surface area contributed by atoms with Gasteiger partial charge >= 0.3 is 6.18 Å². The second-order valence-electron chi connectivity index (χ2n) is 3.70. The molecule has 0 spiro atoms. The van der Waals surface area contributed by atoms with E-state index >= 15 is 0 Å². The third-order valence-corrected chi connectivity index (χ3v) is 3.60. The first-order valence-electron chi connectivity index (χ1n) is 5.05. The molecule has 1 saturated heterocycles. The normalized spacial score (nSPS) is 22.1. The molecule has 1 aromatic rings. The van der Waals surface area contributed by atoms with Crippen LogP contribution in [0.3, 0.4) is 0 Å². The van der Waals surface area contributed by atoms with Crippen molar-refractivity contribution in [2.45, 2.75) is 12.2 Å². The van der Waals surface area contributed by atoms with Gasteiger partial charge in [0.05, 0.1) is 5.56 Å². The summed E-state index contributed by atoms with van der Waals surface area (Å²) in [5.74, 6) is 1.86. The Bertz CT molecular complexity index is 358. The maximum atomic E-state index is 12.5. The number of benzene rings is 1. The van der Waals surface area contributed by atoms with Crippen LogP contribution in [0.15, 0.2) is 24.3 Å². The lowest BCUT2D eigenvalue weighted by molar-refractivity contribution is -0.137. The molecule has 1 heterocycles. The van der Waals surface area contributed by atoms with Crippen LogP contribution >= 0.6 is 11.8 Å². The van der Waals surface area contributed by atoms with E-state index in [4.69, 9.17) is 0 Å². The first kappa shape index (κ1) is 11.8. The van der Waals surface area contributed by atoms with Crippen molar-refractivity contribution in [3.63, 3.8) is 0 Å². The smallest absolute Gasteiger partial charge is 0.308 e. The van der Waals surface area contributed by atoms with Crippen LogP contribution in [0.25, 0.3) is 0 Å². The highest BCUT2D eigenvalue weighted by atomic mass is 32.2. The first-order valence-corrected chi connectivity index (χ1v) is 6.21. The number of rotatable bonds is 1. The molecule has 16 heavy (non-hydrogen) atoms. The van der Waals surface area contributed by atoms with Crippen LogP contribution in [0.1, 0.15) is 17.2 Å². The summed E-state index contributed by atoms with van der Waals surface area (Å²) in [6, 6.07) is 5.61. The van der Waals surface area contributed by atoms with Gasteiger partial charge in [-0.15, -0.1) is 0 Å². The highest BCUT2D eigenvalue weighted by Gasteiger charge is 2.31. The van der Waals surface area contributed by atoms with Crippen LogP contribution in [0.2, 0.25) is 0 Å². The monoisotopic (exact) mass is 247 g/mol. The van der Waals surface area contributed by atoms with Crippen LogP contribution in [0.5, 0.6) is 0 Å². The number of alkyl halides is 3. The first-order chi connectivity index (χ1) is 7.57. The molecule has 1 aliphatic heterocycles. The molecular weight excluding hydrogens is 235 g/mol. The summed E-state index contributed by atoms with van der Waals surface area (Å²) in [7, 11) is 0. The summed E-state index contributed by atoms with van der Waals surface area (Å²) in [4.78, 5) is 0. The van der Waals surface area contributed by atoms with Gasteiger partial charge in [-0.3, -0.25) is 0 Å². The molecule has 0 saturated carbocycles. The van der Waals surface area contributed by atoms with Crippen molar-refractivity contribution >= 4 is 11.8 Å². The summed E-state index contributed by atoms with van der Waals surface area (Å²) in [6.07, 6.45) is -4.25. The van der Waals surface area contributed by atoms with E-state index in [0.29, 0.717) is 0 Å². The zero-order chi connectivity index (χ0) is 11.6. The number of halogens is 3. The Morgan fingerprint density at radius 2 is 2.12 bits per heavy atom. The zero-order valence-electron chi connectivity index (χ0n) is 8.55. The fraction of sp³-hybridized carbons (Fsp3) is 0.455. The minimum atomic E-state index is -4.25. The molecule has 0 aliphatic carbocycles. The molecule has 2 rings (SSSR count). The van der Waals surface area contributed by atoms with Crippen molar-refractivity contribution in [3.8, 4) is 0 Å². The third-order valence-electron chi connectivity index (χ3n) is 2.54. The molecule has 5 heteroatoms. The van der Waals surface area contributed by atoms with Gasteiger partial charge in [0.1, 0.15) is 0 Å². The van der Waals surface area contributed by atoms with Crippen LogP contribution < -0.4 is 5.32 Å². The third kappa shape index (κ3) is 2.71. The minimum absolute atomic E-state index is 0.0426. The van der Waals surface area contributed by atoms with Crippen molar-refractivity contribution in [2.75, 3.05) is 18.1 Å². The quantitative estimate of drug-likeness (QED) is 0.818. The molecule has 0 bridgehead atoms. The summed E-state index contributed by atoms with van der Waals surface area (Å²) >= 11 is 1.77. The number of nitrogens with one attached hydrogen (secondary N) is 1. The molecule has 1 unspecified atom stereocenters. The van der Waals surface area contributed by atoms with Gasteiger partial charge in [-0.2, -0.15) is 24.9 Å². The van der Waals surface area contributed by atoms with E-state index in [9.17, 15) is 13.2 Å². The van der Waals surface area contributed by atoms with Gasteiger partial charge in [0, 0.05) is 24.1 Å². The summed E-state index contributed by atoms with van der Waals surface area (Å²) in [5, 5.41) is 3.23. The predicted octanol–water partition coefficient (Wildman–Crippen LogP) is 3.08. The molecule has 1 nitrogen and oxygen atoms in total. The zero-order valence-corrected chi connectivity index (χ0v) is 9.37. The van der Waals surface area contributed by atoms with Crippen molar-refractivity contribution in [3.05, 3.63) is 35.4 Å². The molecule has 1 aromatic carbocycles. The fourth-order valence-corrected chi connectivity index (χ4v) is 2.69. The maximum absolute atomic E-state index is 12.5. The van der Waals surface area contributed by atoms with E-state index < -0.39 is 11.7 Å². The molecule has 1 N–H and O–H groups in total. The van der Waals surface area contributed by atoms with Crippen molar-refractivity contribution in [2.24, 2.45) is 0 Å². The van der Waals surface area contributed by atoms with Crippen LogP contribution in [0, 0.1) is 0 Å². The minimum Gasteiger partial charge on any atom is -0.308 e. The Labute approximate surface area is 96.4 Å². The molecular formula is C11H12F3NS. The molecule has 1 aliphatic rings. The second-order valence-corrected chi connectivity index (χ2v) is 4.85. The summed E-state index contributed by atoms with van der Waals surface area (Å²) in [5.41, 5.74) is 0.157. The topological polar surface area (TPSA) is 12.0 Å². The van der Waals surface area contributed by atoms with E-state index in [-0.39, 0.29) is 6.04 Å². The molecule has 1 fully saturated rings. The van der Waals surface area contributed by atoms with Crippen molar-refractivity contribution in [1.29, 1.82) is 0 Å². The van der Waals surface area contributed by atoms with Gasteiger partial charge < -0.3 is 5.32 Å². The van der Waals surface area contributed by atoms with Crippen LogP contribution in [0.4, 0.5) is 13.2 Å². The molecule has 0 radical (unpaired) electrons. The molecule has 0 amide bonds. The Hall–Kier alpha value is -0.680. The SMILES string of the molecule is FC(F)(F)c1cccc(C2CSCCN2)c1. The van der Waals surface area contributed by atoms with Gasteiger partial charge in [0.25, 0.3) is 0 Å². The number of hydrogen-bond donors (Lipinski definition) is 1. The van der Waals surface area contributed by atoms with Crippen LogP contribution in [-0.4, -0.2) is 18.1 Å². The van der Waals surface area contributed by atoms with E-state index in [2.05, 4.69) is 5.32 Å². The van der Waals surface area contributed by atoms with Crippen LogP contribution in [-0.2, 0) is 6.18 Å². The maximum Gasteiger partial charge on any atom is 0.416 e. The van der Waals surface area contributed by atoms with E-state index in [1.54, 1.807) is 17.8 Å². The average molecular weight is 247 g/mol. The van der Waals surface area contributed by atoms with E-state index in [1.807, 2.05) is 0 Å². The van der Waals surface area contributed by atoms with Gasteiger partial charge in [-0.1, -0.05) is 12.1 Å². The van der Waals surface area contributed by atoms with Gasteiger partial charge in [0.2, 0.25) is 0 Å². The summed E-state index contributed by atoms with van der Waals surface area (Å²) < 4.78 is 37.5. The Morgan fingerprint density at radius 1 is 1.31 bits per heavy atom. The molecule has 0 aromatic heterocycles. The molecule has 1 atom stereocenters. The van der Waals surface area contributed by atoms with Gasteiger partial charge in [-0.05, 0) is 17.7 Å². The predicted molar refractivity (Wildman–Crippen MR) is 59.5 cm³/mol. The van der Waals surface area contributed by atoms with E-state index in [0.717, 1.165) is 29.7 Å². The second kappa shape index (κ2) is 4.67. The standard InChI is InChI=1S/C11H12F3NS/c12-11(13,14)9-3-1-2-8(6-9)10-7-16-5-4-15-10/h1-3,6,10,15H,4-5,7H2. The van der Waals surface area contributed by atoms with Crippen molar-refractivity contribution in [1.82, 2.24) is 5.32 Å². The average Bonchev–Trinajstić information content (AvgIpc) is 2.29. The Balaban J connectivity index is 2.21. The lowest BCUT2D eigenvalue weighted by Gasteiger charge is -2.24. The van der Waals surface area contributed by atoms with Gasteiger partial charge in [0.15, 0.2) is 0 Å². The highest BCUT2D eigenvalue weighted by Crippen LogP contribution is 2.31. The lowest BCUT2D eigenvalue weighted by Crippen LogP contribution is -2.30. The largest absolute Gasteiger partial charge is 0.416 e. The fourth-order valence-electron chi connectivity index (χ4n) is 1.71. The number of thioether (sulfide) groups is 1. The lowest BCUT2D eigenvalue weighted by atomic mass is 10.0. The summed E-state index contributed by atoms with van der Waals surface area (Å²) in [6.45, 7) is 0.853. The van der Waals surface area contributed by atoms with Crippen molar-refractivity contribution < 1.29 is 13.2 Å². The Kier molecular flexibility index (Phi) is 3.44. The molecule has 88 valence electrons. The van der Waals surface area contributed by atoms with Gasteiger partial charge in [-0.25, -0.2) is 0 Å². The highest BCUT2D eigenvalue weighted by molar-refractivity contribution is 7.99. The Morgan fingerprint density at radius 3 is 2.75 bits per heavy atom. The van der Waals surface area contributed by atoms with E-state index in [1.165, 1.54) is 12.1 Å².